The van der Waals surface area contributed by atoms with Crippen molar-refractivity contribution >= 4 is 22.3 Å². The van der Waals surface area contributed by atoms with Gasteiger partial charge in [0.1, 0.15) is 5.75 Å². The van der Waals surface area contributed by atoms with Gasteiger partial charge >= 0.3 is 0 Å². The Labute approximate surface area is 84.9 Å². The molecule has 0 radical (unpaired) electrons. The van der Waals surface area contributed by atoms with E-state index in [2.05, 4.69) is 21.2 Å². The molecule has 0 spiro atoms. The van der Waals surface area contributed by atoms with Crippen LogP contribution in [-0.2, 0) is 11.2 Å². The summed E-state index contributed by atoms with van der Waals surface area (Å²) in [6.45, 7) is 0.535. The number of hydrogen-bond acceptors (Lipinski definition) is 2. The summed E-state index contributed by atoms with van der Waals surface area (Å²) < 4.78 is 0.923. The Bertz CT molecular complexity index is 302. The van der Waals surface area contributed by atoms with Crippen molar-refractivity contribution in [2.24, 2.45) is 0 Å². The number of halogens is 1. The highest BCUT2D eigenvalue weighted by Gasteiger charge is 2.00. The number of phenolic OH excluding ortho intramolecular Hbond substituents is 1. The van der Waals surface area contributed by atoms with E-state index in [1.54, 1.807) is 12.1 Å². The van der Waals surface area contributed by atoms with Gasteiger partial charge in [0.2, 0.25) is 6.41 Å². The summed E-state index contributed by atoms with van der Waals surface area (Å²) in [5.74, 6) is 0.260. The number of amides is 1. The molecule has 1 aromatic rings. The van der Waals surface area contributed by atoms with Crippen LogP contribution in [0.4, 0.5) is 0 Å². The number of carbonyl (C=O) groups excluding carboxylic acids is 1. The van der Waals surface area contributed by atoms with E-state index in [1.165, 1.54) is 0 Å². The molecule has 0 aliphatic carbocycles. The van der Waals surface area contributed by atoms with E-state index in [0.29, 0.717) is 19.4 Å². The van der Waals surface area contributed by atoms with Crippen molar-refractivity contribution in [3.05, 3.63) is 28.2 Å². The van der Waals surface area contributed by atoms with Gasteiger partial charge in [0.05, 0.1) is 0 Å². The third-order valence-electron chi connectivity index (χ3n) is 1.66. The zero-order valence-electron chi connectivity index (χ0n) is 6.96. The maximum Gasteiger partial charge on any atom is 0.207 e. The SMILES string of the molecule is O=CNCCc1cc(Br)ccc1O. The Morgan fingerprint density at radius 2 is 2.31 bits per heavy atom. The Hall–Kier alpha value is -1.03. The fourth-order valence-corrected chi connectivity index (χ4v) is 1.43. The van der Waals surface area contributed by atoms with E-state index >= 15 is 0 Å². The molecule has 70 valence electrons. The first-order chi connectivity index (χ1) is 6.24. The molecular weight excluding hydrogens is 234 g/mol. The molecule has 0 aliphatic heterocycles. The highest BCUT2D eigenvalue weighted by molar-refractivity contribution is 9.10. The van der Waals surface area contributed by atoms with Crippen LogP contribution in [0.25, 0.3) is 0 Å². The molecule has 0 aliphatic rings. The zero-order valence-corrected chi connectivity index (χ0v) is 8.54. The molecule has 0 unspecified atom stereocenters. The molecule has 0 saturated carbocycles. The molecule has 3 nitrogen and oxygen atoms in total. The summed E-state index contributed by atoms with van der Waals surface area (Å²) in [7, 11) is 0. The summed E-state index contributed by atoms with van der Waals surface area (Å²) in [4.78, 5) is 9.96. The summed E-state index contributed by atoms with van der Waals surface area (Å²) in [6.07, 6.45) is 1.28. The maximum atomic E-state index is 9.96. The minimum Gasteiger partial charge on any atom is -0.508 e. The van der Waals surface area contributed by atoms with Crippen molar-refractivity contribution in [3.8, 4) is 5.75 Å². The van der Waals surface area contributed by atoms with Gasteiger partial charge in [-0.05, 0) is 30.2 Å². The molecule has 2 N–H and O–H groups in total. The van der Waals surface area contributed by atoms with Crippen LogP contribution in [0.3, 0.4) is 0 Å². The molecule has 0 aromatic heterocycles. The topological polar surface area (TPSA) is 49.3 Å². The van der Waals surface area contributed by atoms with Crippen molar-refractivity contribution < 1.29 is 9.90 Å². The molecule has 1 aromatic carbocycles. The fourth-order valence-electron chi connectivity index (χ4n) is 1.02. The molecule has 0 bridgehead atoms. The Balaban J connectivity index is 2.64. The van der Waals surface area contributed by atoms with Crippen LogP contribution < -0.4 is 5.32 Å². The Kier molecular flexibility index (Phi) is 3.76. The zero-order chi connectivity index (χ0) is 9.68. The first kappa shape index (κ1) is 10.1. The van der Waals surface area contributed by atoms with Gasteiger partial charge in [0, 0.05) is 11.0 Å². The second kappa shape index (κ2) is 4.87. The molecule has 1 rings (SSSR count). The van der Waals surface area contributed by atoms with Crippen LogP contribution in [0.2, 0.25) is 0 Å². The third kappa shape index (κ3) is 3.06. The number of rotatable bonds is 4. The van der Waals surface area contributed by atoms with Crippen LogP contribution in [0.15, 0.2) is 22.7 Å². The lowest BCUT2D eigenvalue weighted by Crippen LogP contribution is -2.14. The number of benzene rings is 1. The summed E-state index contributed by atoms with van der Waals surface area (Å²) in [5.41, 5.74) is 0.823. The van der Waals surface area contributed by atoms with Crippen LogP contribution in [0, 0.1) is 0 Å². The van der Waals surface area contributed by atoms with Crippen LogP contribution in [0.1, 0.15) is 5.56 Å². The minimum atomic E-state index is 0.260. The number of hydrogen-bond donors (Lipinski definition) is 2. The number of carbonyl (C=O) groups is 1. The van der Waals surface area contributed by atoms with E-state index in [9.17, 15) is 9.90 Å². The highest BCUT2D eigenvalue weighted by Crippen LogP contribution is 2.21. The molecule has 0 atom stereocenters. The van der Waals surface area contributed by atoms with Gasteiger partial charge in [-0.15, -0.1) is 0 Å². The summed E-state index contributed by atoms with van der Waals surface area (Å²) >= 11 is 3.30. The molecule has 1 amide bonds. The van der Waals surface area contributed by atoms with Crippen molar-refractivity contribution in [2.75, 3.05) is 6.54 Å². The quantitative estimate of drug-likeness (QED) is 0.622. The second-order valence-corrected chi connectivity index (χ2v) is 3.51. The molecular formula is C9H10BrNO2. The van der Waals surface area contributed by atoms with E-state index in [0.717, 1.165) is 10.0 Å². The average molecular weight is 244 g/mol. The van der Waals surface area contributed by atoms with E-state index in [4.69, 9.17) is 0 Å². The minimum absolute atomic E-state index is 0.260. The van der Waals surface area contributed by atoms with Gasteiger partial charge in [-0.25, -0.2) is 0 Å². The monoisotopic (exact) mass is 243 g/mol. The van der Waals surface area contributed by atoms with Crippen LogP contribution in [0.5, 0.6) is 5.75 Å². The first-order valence-corrected chi connectivity index (χ1v) is 4.68. The van der Waals surface area contributed by atoms with Crippen LogP contribution >= 0.6 is 15.9 Å². The van der Waals surface area contributed by atoms with Gasteiger partial charge in [-0.1, -0.05) is 15.9 Å². The largest absolute Gasteiger partial charge is 0.508 e. The lowest BCUT2D eigenvalue weighted by atomic mass is 10.1. The molecule has 4 heteroatoms. The highest BCUT2D eigenvalue weighted by atomic mass is 79.9. The van der Waals surface area contributed by atoms with Crippen molar-refractivity contribution in [2.45, 2.75) is 6.42 Å². The van der Waals surface area contributed by atoms with Gasteiger partial charge in [-0.3, -0.25) is 4.79 Å². The molecule has 13 heavy (non-hydrogen) atoms. The predicted molar refractivity (Wildman–Crippen MR) is 53.6 cm³/mol. The fraction of sp³-hybridized carbons (Fsp3) is 0.222. The van der Waals surface area contributed by atoms with Crippen molar-refractivity contribution in [1.29, 1.82) is 0 Å². The lowest BCUT2D eigenvalue weighted by Gasteiger charge is -2.04. The number of phenols is 1. The Morgan fingerprint density at radius 3 is 3.00 bits per heavy atom. The maximum absolute atomic E-state index is 9.96. The van der Waals surface area contributed by atoms with Crippen LogP contribution in [-0.4, -0.2) is 18.1 Å². The summed E-state index contributed by atoms with van der Waals surface area (Å²) in [6, 6.07) is 5.23. The predicted octanol–water partition coefficient (Wildman–Crippen LogP) is 1.44. The van der Waals surface area contributed by atoms with E-state index in [1.807, 2.05) is 6.07 Å². The van der Waals surface area contributed by atoms with E-state index in [-0.39, 0.29) is 5.75 Å². The molecule has 0 saturated heterocycles. The first-order valence-electron chi connectivity index (χ1n) is 3.88. The van der Waals surface area contributed by atoms with Gasteiger partial charge < -0.3 is 10.4 Å². The number of nitrogens with one attached hydrogen (secondary N) is 1. The lowest BCUT2D eigenvalue weighted by molar-refractivity contribution is -0.109. The number of aromatic hydroxyl groups is 1. The molecule has 0 fully saturated rings. The van der Waals surface area contributed by atoms with Crippen molar-refractivity contribution in [3.63, 3.8) is 0 Å². The van der Waals surface area contributed by atoms with Gasteiger partial charge in [0.15, 0.2) is 0 Å². The second-order valence-electron chi connectivity index (χ2n) is 2.60. The van der Waals surface area contributed by atoms with Crippen molar-refractivity contribution in [1.82, 2.24) is 5.32 Å². The third-order valence-corrected chi connectivity index (χ3v) is 2.16. The van der Waals surface area contributed by atoms with E-state index < -0.39 is 0 Å². The molecule has 0 heterocycles. The van der Waals surface area contributed by atoms with Gasteiger partial charge in [-0.2, -0.15) is 0 Å². The summed E-state index contributed by atoms with van der Waals surface area (Å²) in [5, 5.41) is 11.9. The standard InChI is InChI=1S/C9H10BrNO2/c10-8-1-2-9(13)7(5-8)3-4-11-6-12/h1-2,5-6,13H,3-4H2,(H,11,12). The average Bonchev–Trinajstić information content (AvgIpc) is 2.11. The normalized spacial score (nSPS) is 9.62. The Morgan fingerprint density at radius 1 is 1.54 bits per heavy atom. The smallest absolute Gasteiger partial charge is 0.207 e. The van der Waals surface area contributed by atoms with Gasteiger partial charge in [0.25, 0.3) is 0 Å².